The van der Waals surface area contributed by atoms with E-state index >= 15 is 0 Å². The molecule has 3 nitrogen and oxygen atoms in total. The highest BCUT2D eigenvalue weighted by atomic mass is 16.5. The fourth-order valence-corrected chi connectivity index (χ4v) is 1.35. The van der Waals surface area contributed by atoms with E-state index in [0.717, 1.165) is 13.0 Å². The van der Waals surface area contributed by atoms with Crippen molar-refractivity contribution in [1.29, 1.82) is 0 Å². The Morgan fingerprint density at radius 3 is 3.00 bits per heavy atom. The van der Waals surface area contributed by atoms with E-state index in [-0.39, 0.29) is 6.10 Å². The van der Waals surface area contributed by atoms with Crippen LogP contribution in [0.5, 0.6) is 0 Å². The third-order valence-electron chi connectivity index (χ3n) is 2.18. The lowest BCUT2D eigenvalue weighted by Crippen LogP contribution is -2.17. The van der Waals surface area contributed by atoms with E-state index in [4.69, 9.17) is 10.5 Å². The number of hydrogen-bond donors (Lipinski definition) is 1. The molecule has 0 saturated carbocycles. The number of rotatable bonds is 5. The van der Waals surface area contributed by atoms with Crippen LogP contribution in [-0.2, 0) is 17.7 Å². The molecule has 0 aromatic carbocycles. The summed E-state index contributed by atoms with van der Waals surface area (Å²) in [7, 11) is 1.73. The second-order valence-electron chi connectivity index (χ2n) is 3.24. The molecule has 1 rings (SSSR count). The lowest BCUT2D eigenvalue weighted by Gasteiger charge is -2.13. The van der Waals surface area contributed by atoms with E-state index in [1.807, 2.05) is 6.07 Å². The monoisotopic (exact) mass is 182 g/mol. The fourth-order valence-electron chi connectivity index (χ4n) is 1.35. The Hall–Kier alpha value is -0.800. The van der Waals surface area contributed by atoms with Gasteiger partial charge in [0.15, 0.2) is 0 Å². The van der Waals surface area contributed by atoms with Gasteiger partial charge in [-0.2, -0.15) is 0 Å². The van der Waals surface area contributed by atoms with Gasteiger partial charge >= 0.3 is 0 Å². The van der Waals surface area contributed by atoms with Gasteiger partial charge in [-0.25, -0.2) is 0 Å². The minimum Gasteiger partial charge on any atom is -0.380 e. The van der Waals surface area contributed by atoms with Gasteiger partial charge in [-0.1, -0.05) is 0 Å². The highest BCUT2D eigenvalue weighted by Crippen LogP contribution is 2.05. The zero-order chi connectivity index (χ0) is 9.68. The van der Waals surface area contributed by atoms with Gasteiger partial charge in [0, 0.05) is 25.5 Å². The van der Waals surface area contributed by atoms with Crippen LogP contribution < -0.4 is 5.73 Å². The summed E-state index contributed by atoms with van der Waals surface area (Å²) in [5, 5.41) is 0. The highest BCUT2D eigenvalue weighted by molar-refractivity contribution is 5.07. The molecule has 1 heterocycles. The lowest BCUT2D eigenvalue weighted by molar-refractivity contribution is 0.103. The normalized spacial score (nSPS) is 13.2. The van der Waals surface area contributed by atoms with Crippen molar-refractivity contribution in [2.45, 2.75) is 26.0 Å². The fraction of sp³-hybridized carbons (Fsp3) is 0.600. The zero-order valence-corrected chi connectivity index (χ0v) is 8.36. The van der Waals surface area contributed by atoms with Crippen molar-refractivity contribution in [2.75, 3.05) is 13.7 Å². The van der Waals surface area contributed by atoms with E-state index in [1.54, 1.807) is 7.11 Å². The largest absolute Gasteiger partial charge is 0.380 e. The zero-order valence-electron chi connectivity index (χ0n) is 8.36. The first-order valence-corrected chi connectivity index (χ1v) is 4.64. The molecular weight excluding hydrogens is 164 g/mol. The van der Waals surface area contributed by atoms with Crippen LogP contribution in [0.2, 0.25) is 0 Å². The Labute approximate surface area is 79.5 Å². The van der Waals surface area contributed by atoms with Crippen LogP contribution in [0.4, 0.5) is 0 Å². The van der Waals surface area contributed by atoms with Crippen molar-refractivity contribution in [2.24, 2.45) is 5.73 Å². The van der Waals surface area contributed by atoms with Gasteiger partial charge in [0.1, 0.15) is 0 Å². The molecule has 1 aromatic rings. The number of nitrogens with two attached hydrogens (primary N) is 1. The maximum absolute atomic E-state index is 5.51. The molecule has 0 aliphatic carbocycles. The summed E-state index contributed by atoms with van der Waals surface area (Å²) in [4.78, 5) is 0. The Balaban J connectivity index is 2.59. The smallest absolute Gasteiger partial charge is 0.0722 e. The minimum absolute atomic E-state index is 0.254. The maximum atomic E-state index is 5.51. The number of methoxy groups -OCH3 is 1. The molecule has 1 atom stereocenters. The van der Waals surface area contributed by atoms with Crippen molar-refractivity contribution in [1.82, 2.24) is 4.57 Å². The maximum Gasteiger partial charge on any atom is 0.0722 e. The second-order valence-corrected chi connectivity index (χ2v) is 3.24. The number of hydrogen-bond acceptors (Lipinski definition) is 2. The first kappa shape index (κ1) is 10.3. The van der Waals surface area contributed by atoms with Gasteiger partial charge < -0.3 is 15.0 Å². The van der Waals surface area contributed by atoms with Crippen LogP contribution in [0.3, 0.4) is 0 Å². The third-order valence-corrected chi connectivity index (χ3v) is 2.18. The summed E-state index contributed by atoms with van der Waals surface area (Å²) in [6.07, 6.45) is 3.26. The predicted molar refractivity (Wildman–Crippen MR) is 53.7 cm³/mol. The molecule has 2 N–H and O–H groups in total. The van der Waals surface area contributed by atoms with E-state index < -0.39 is 0 Å². The Morgan fingerprint density at radius 1 is 1.62 bits per heavy atom. The van der Waals surface area contributed by atoms with Crippen molar-refractivity contribution >= 4 is 0 Å². The van der Waals surface area contributed by atoms with Crippen LogP contribution in [0, 0.1) is 0 Å². The summed E-state index contributed by atoms with van der Waals surface area (Å²) in [6, 6.07) is 4.16. The van der Waals surface area contributed by atoms with Crippen LogP contribution in [0.1, 0.15) is 12.6 Å². The van der Waals surface area contributed by atoms with Crippen LogP contribution in [0.25, 0.3) is 0 Å². The summed E-state index contributed by atoms with van der Waals surface area (Å²) >= 11 is 0. The quantitative estimate of drug-likeness (QED) is 0.738. The molecule has 0 radical (unpaired) electrons. The van der Waals surface area contributed by atoms with Crippen molar-refractivity contribution < 1.29 is 4.74 Å². The Morgan fingerprint density at radius 2 is 2.38 bits per heavy atom. The van der Waals surface area contributed by atoms with Gasteiger partial charge in [-0.15, -0.1) is 0 Å². The van der Waals surface area contributed by atoms with Gasteiger partial charge in [0.05, 0.1) is 6.10 Å². The SMILES string of the molecule is COC(C)Cn1cccc1CCN. The second kappa shape index (κ2) is 5.04. The summed E-state index contributed by atoms with van der Waals surface area (Å²) in [5.74, 6) is 0. The molecular formula is C10H18N2O. The van der Waals surface area contributed by atoms with E-state index in [0.29, 0.717) is 6.54 Å². The number of nitrogens with zero attached hydrogens (tertiary/aromatic N) is 1. The Kier molecular flexibility index (Phi) is 3.99. The first-order valence-electron chi connectivity index (χ1n) is 4.64. The van der Waals surface area contributed by atoms with Gasteiger partial charge in [-0.05, 0) is 32.0 Å². The number of ether oxygens (including phenoxy) is 1. The predicted octanol–water partition coefficient (Wildman–Crippen LogP) is 1.02. The molecule has 0 amide bonds. The molecule has 1 aromatic heterocycles. The molecule has 0 aliphatic heterocycles. The lowest BCUT2D eigenvalue weighted by atomic mass is 10.3. The van der Waals surface area contributed by atoms with Gasteiger partial charge in [0.25, 0.3) is 0 Å². The molecule has 13 heavy (non-hydrogen) atoms. The minimum atomic E-state index is 0.254. The highest BCUT2D eigenvalue weighted by Gasteiger charge is 2.03. The van der Waals surface area contributed by atoms with Gasteiger partial charge in [-0.3, -0.25) is 0 Å². The Bertz CT molecular complexity index is 245. The van der Waals surface area contributed by atoms with E-state index in [9.17, 15) is 0 Å². The molecule has 0 saturated heterocycles. The van der Waals surface area contributed by atoms with Crippen molar-refractivity contribution in [3.8, 4) is 0 Å². The third kappa shape index (κ3) is 2.86. The average molecular weight is 182 g/mol. The molecule has 1 unspecified atom stereocenters. The average Bonchev–Trinajstić information content (AvgIpc) is 2.54. The molecule has 0 fully saturated rings. The van der Waals surface area contributed by atoms with Gasteiger partial charge in [0.2, 0.25) is 0 Å². The van der Waals surface area contributed by atoms with Crippen molar-refractivity contribution in [3.05, 3.63) is 24.0 Å². The topological polar surface area (TPSA) is 40.2 Å². The molecule has 0 bridgehead atoms. The summed E-state index contributed by atoms with van der Waals surface area (Å²) in [5.41, 5.74) is 6.79. The molecule has 0 spiro atoms. The first-order chi connectivity index (χ1) is 6.27. The summed E-state index contributed by atoms with van der Waals surface area (Å²) in [6.45, 7) is 3.66. The molecule has 0 aliphatic rings. The molecule has 3 heteroatoms. The van der Waals surface area contributed by atoms with Crippen LogP contribution in [0.15, 0.2) is 18.3 Å². The van der Waals surface area contributed by atoms with Crippen molar-refractivity contribution in [3.63, 3.8) is 0 Å². The standard InChI is InChI=1S/C10H18N2O/c1-9(13-2)8-12-7-3-4-10(12)5-6-11/h3-4,7,9H,5-6,8,11H2,1-2H3. The van der Waals surface area contributed by atoms with Crippen LogP contribution in [-0.4, -0.2) is 24.3 Å². The number of aromatic nitrogens is 1. The van der Waals surface area contributed by atoms with E-state index in [2.05, 4.69) is 23.8 Å². The molecule has 74 valence electrons. The van der Waals surface area contributed by atoms with Crippen LogP contribution >= 0.6 is 0 Å². The summed E-state index contributed by atoms with van der Waals surface area (Å²) < 4.78 is 7.40. The van der Waals surface area contributed by atoms with E-state index in [1.165, 1.54) is 5.69 Å².